The van der Waals surface area contributed by atoms with E-state index in [1.54, 1.807) is 27.8 Å². The van der Waals surface area contributed by atoms with Crippen LogP contribution in [0.3, 0.4) is 0 Å². The van der Waals surface area contributed by atoms with Crippen molar-refractivity contribution < 1.29 is 14.3 Å². The largest absolute Gasteiger partial charge is 0.444 e. The molecule has 0 radical (unpaired) electrons. The fourth-order valence-corrected chi connectivity index (χ4v) is 1.36. The molecule has 1 aromatic heterocycles. The molecule has 1 aromatic rings. The Morgan fingerprint density at radius 1 is 1.53 bits per heavy atom. The lowest BCUT2D eigenvalue weighted by molar-refractivity contribution is 0.0634. The lowest BCUT2D eigenvalue weighted by atomic mass is 10.2. The number of halogens is 1. The van der Waals surface area contributed by atoms with Crippen LogP contribution < -0.4 is 5.32 Å². The number of imidazole rings is 1. The summed E-state index contributed by atoms with van der Waals surface area (Å²) in [6.07, 6.45) is -0.0880. The number of hydrogen-bond donors (Lipinski definition) is 1. The van der Waals surface area contributed by atoms with Gasteiger partial charge in [-0.2, -0.15) is 4.98 Å². The molecule has 0 saturated heterocycles. The summed E-state index contributed by atoms with van der Waals surface area (Å²) >= 11 is 5.71. The SMILES string of the molecule is Cn1c(NC(=O)OC(C)(C)C)nc(Cl)c1C=O. The number of aldehydes is 1. The third kappa shape index (κ3) is 3.45. The van der Waals surface area contributed by atoms with Crippen LogP contribution in [0.2, 0.25) is 5.15 Å². The molecule has 0 unspecified atom stereocenters. The Hall–Kier alpha value is -1.56. The number of amides is 1. The van der Waals surface area contributed by atoms with Crippen LogP contribution in [-0.2, 0) is 11.8 Å². The number of carbonyl (C=O) groups excluding carboxylic acids is 2. The van der Waals surface area contributed by atoms with Crippen molar-refractivity contribution in [3.63, 3.8) is 0 Å². The van der Waals surface area contributed by atoms with E-state index in [0.717, 1.165) is 0 Å². The second kappa shape index (κ2) is 4.75. The Morgan fingerprint density at radius 2 is 2.12 bits per heavy atom. The minimum absolute atomic E-state index is 0.0357. The molecule has 0 saturated carbocycles. The number of ether oxygens (including phenoxy) is 1. The van der Waals surface area contributed by atoms with E-state index >= 15 is 0 Å². The Balaban J connectivity index is 2.83. The summed E-state index contributed by atoms with van der Waals surface area (Å²) in [6, 6.07) is 0. The van der Waals surface area contributed by atoms with Crippen molar-refractivity contribution >= 4 is 29.9 Å². The van der Waals surface area contributed by atoms with E-state index in [0.29, 0.717) is 6.29 Å². The minimum Gasteiger partial charge on any atom is -0.444 e. The highest BCUT2D eigenvalue weighted by Gasteiger charge is 2.19. The Bertz CT molecular complexity index is 448. The van der Waals surface area contributed by atoms with Crippen LogP contribution in [0.4, 0.5) is 10.7 Å². The van der Waals surface area contributed by atoms with Crippen molar-refractivity contribution in [2.24, 2.45) is 7.05 Å². The maximum absolute atomic E-state index is 11.5. The average Bonchev–Trinajstić information content (AvgIpc) is 2.38. The van der Waals surface area contributed by atoms with Crippen molar-refractivity contribution in [2.75, 3.05) is 5.32 Å². The number of aromatic nitrogens is 2. The van der Waals surface area contributed by atoms with Gasteiger partial charge in [-0.15, -0.1) is 0 Å². The predicted octanol–water partition coefficient (Wildman–Crippen LogP) is 2.23. The molecule has 94 valence electrons. The van der Waals surface area contributed by atoms with Gasteiger partial charge in [0.15, 0.2) is 11.4 Å². The van der Waals surface area contributed by atoms with Gasteiger partial charge in [0, 0.05) is 7.05 Å². The fraction of sp³-hybridized carbons (Fsp3) is 0.500. The summed E-state index contributed by atoms with van der Waals surface area (Å²) in [7, 11) is 1.56. The summed E-state index contributed by atoms with van der Waals surface area (Å²) in [5.41, 5.74) is -0.412. The van der Waals surface area contributed by atoms with Gasteiger partial charge >= 0.3 is 6.09 Å². The Morgan fingerprint density at radius 3 is 2.53 bits per heavy atom. The smallest absolute Gasteiger partial charge is 0.414 e. The lowest BCUT2D eigenvalue weighted by Gasteiger charge is -2.19. The van der Waals surface area contributed by atoms with Gasteiger partial charge in [0.25, 0.3) is 0 Å². The molecular formula is C10H14ClN3O3. The van der Waals surface area contributed by atoms with Crippen molar-refractivity contribution in [2.45, 2.75) is 26.4 Å². The molecule has 0 aliphatic rings. The molecule has 1 heterocycles. The molecule has 0 aromatic carbocycles. The zero-order valence-electron chi connectivity index (χ0n) is 10.1. The third-order valence-electron chi connectivity index (χ3n) is 1.82. The maximum Gasteiger partial charge on any atom is 0.414 e. The van der Waals surface area contributed by atoms with E-state index in [-0.39, 0.29) is 16.8 Å². The highest BCUT2D eigenvalue weighted by atomic mass is 35.5. The van der Waals surface area contributed by atoms with E-state index < -0.39 is 11.7 Å². The average molecular weight is 260 g/mol. The Kier molecular flexibility index (Phi) is 3.77. The second-order valence-electron chi connectivity index (χ2n) is 4.42. The number of carbonyl (C=O) groups is 2. The second-order valence-corrected chi connectivity index (χ2v) is 4.77. The van der Waals surface area contributed by atoms with Gasteiger partial charge in [-0.25, -0.2) is 4.79 Å². The van der Waals surface area contributed by atoms with Crippen LogP contribution in [0, 0.1) is 0 Å². The summed E-state index contributed by atoms with van der Waals surface area (Å²) in [5.74, 6) is 0.159. The van der Waals surface area contributed by atoms with Gasteiger partial charge in [-0.05, 0) is 20.8 Å². The normalized spacial score (nSPS) is 11.1. The van der Waals surface area contributed by atoms with Crippen LogP contribution >= 0.6 is 11.6 Å². The highest BCUT2D eigenvalue weighted by Crippen LogP contribution is 2.18. The van der Waals surface area contributed by atoms with Crippen molar-refractivity contribution in [3.8, 4) is 0 Å². The van der Waals surface area contributed by atoms with Crippen molar-refractivity contribution in [1.29, 1.82) is 0 Å². The van der Waals surface area contributed by atoms with Crippen LogP contribution in [0.25, 0.3) is 0 Å². The zero-order chi connectivity index (χ0) is 13.2. The summed E-state index contributed by atoms with van der Waals surface area (Å²) < 4.78 is 6.42. The molecule has 0 spiro atoms. The van der Waals surface area contributed by atoms with E-state index in [9.17, 15) is 9.59 Å². The van der Waals surface area contributed by atoms with Gasteiger partial charge in [-0.3, -0.25) is 10.1 Å². The molecule has 0 atom stereocenters. The minimum atomic E-state index is -0.653. The van der Waals surface area contributed by atoms with E-state index in [4.69, 9.17) is 16.3 Å². The summed E-state index contributed by atoms with van der Waals surface area (Å²) in [6.45, 7) is 5.23. The standard InChI is InChI=1S/C10H14ClN3O3/c1-10(2,3)17-9(16)13-8-12-7(11)6(5-15)14(8)4/h5H,1-4H3,(H,12,13,16). The topological polar surface area (TPSA) is 73.2 Å². The highest BCUT2D eigenvalue weighted by molar-refractivity contribution is 6.31. The molecule has 0 aliphatic carbocycles. The van der Waals surface area contributed by atoms with Gasteiger partial charge < -0.3 is 9.30 Å². The van der Waals surface area contributed by atoms with E-state index in [1.165, 1.54) is 4.57 Å². The monoisotopic (exact) mass is 259 g/mol. The van der Waals surface area contributed by atoms with Crippen LogP contribution in [-0.4, -0.2) is 27.5 Å². The van der Waals surface area contributed by atoms with Gasteiger partial charge in [0.2, 0.25) is 5.95 Å². The van der Waals surface area contributed by atoms with Gasteiger partial charge in [0.1, 0.15) is 11.3 Å². The van der Waals surface area contributed by atoms with Gasteiger partial charge in [-0.1, -0.05) is 11.6 Å². The number of nitrogens with zero attached hydrogens (tertiary/aromatic N) is 2. The zero-order valence-corrected chi connectivity index (χ0v) is 10.8. The molecule has 7 heteroatoms. The quantitative estimate of drug-likeness (QED) is 0.827. The Labute approximate surface area is 104 Å². The fourth-order valence-electron chi connectivity index (χ4n) is 1.11. The van der Waals surface area contributed by atoms with Gasteiger partial charge in [0.05, 0.1) is 0 Å². The molecule has 1 amide bonds. The first kappa shape index (κ1) is 13.5. The van der Waals surface area contributed by atoms with E-state index in [1.807, 2.05) is 0 Å². The van der Waals surface area contributed by atoms with Crippen LogP contribution in [0.5, 0.6) is 0 Å². The number of anilines is 1. The lowest BCUT2D eigenvalue weighted by Crippen LogP contribution is -2.28. The van der Waals surface area contributed by atoms with Crippen molar-refractivity contribution in [3.05, 3.63) is 10.8 Å². The molecule has 17 heavy (non-hydrogen) atoms. The summed E-state index contributed by atoms with van der Waals surface area (Å²) in [4.78, 5) is 26.0. The predicted molar refractivity (Wildman–Crippen MR) is 63.5 cm³/mol. The first-order valence-electron chi connectivity index (χ1n) is 4.92. The molecular weight excluding hydrogens is 246 g/mol. The summed E-state index contributed by atoms with van der Waals surface area (Å²) in [5, 5.41) is 2.45. The first-order chi connectivity index (χ1) is 7.74. The molecule has 6 nitrogen and oxygen atoms in total. The number of rotatable bonds is 2. The molecule has 1 rings (SSSR count). The number of nitrogens with one attached hydrogen (secondary N) is 1. The number of hydrogen-bond acceptors (Lipinski definition) is 4. The molecule has 0 fully saturated rings. The van der Waals surface area contributed by atoms with Crippen molar-refractivity contribution in [1.82, 2.24) is 9.55 Å². The maximum atomic E-state index is 11.5. The molecule has 1 N–H and O–H groups in total. The first-order valence-corrected chi connectivity index (χ1v) is 5.30. The molecule has 0 bridgehead atoms. The third-order valence-corrected chi connectivity index (χ3v) is 2.10. The van der Waals surface area contributed by atoms with Crippen LogP contribution in [0.15, 0.2) is 0 Å². The van der Waals surface area contributed by atoms with E-state index in [2.05, 4.69) is 10.3 Å². The van der Waals surface area contributed by atoms with Crippen LogP contribution in [0.1, 0.15) is 31.3 Å². The molecule has 0 aliphatic heterocycles.